The van der Waals surface area contributed by atoms with Gasteiger partial charge >= 0.3 is 0 Å². The first-order chi connectivity index (χ1) is 10.4. The van der Waals surface area contributed by atoms with Crippen molar-refractivity contribution in [2.75, 3.05) is 26.9 Å². The van der Waals surface area contributed by atoms with Gasteiger partial charge in [-0.25, -0.2) is 0 Å². The summed E-state index contributed by atoms with van der Waals surface area (Å²) in [6.45, 7) is 3.72. The standard InChI is InChI=1S/C15H20N4O2/c1-20-7-6-16-8-13-10-19(18-17-13)9-12-11-21-15-5-3-2-4-14(12)15/h2-5,10,12,16H,6-9,11H2,1H3. The molecule has 112 valence electrons. The average molecular weight is 288 g/mol. The maximum Gasteiger partial charge on any atom is 0.122 e. The predicted molar refractivity (Wildman–Crippen MR) is 78.3 cm³/mol. The minimum atomic E-state index is 0.345. The number of aromatic nitrogens is 3. The van der Waals surface area contributed by atoms with Crippen LogP contribution >= 0.6 is 0 Å². The number of nitrogens with one attached hydrogen (secondary N) is 1. The fourth-order valence-corrected chi connectivity index (χ4v) is 2.51. The number of benzene rings is 1. The molecule has 0 saturated carbocycles. The summed E-state index contributed by atoms with van der Waals surface area (Å²) in [5.74, 6) is 1.33. The van der Waals surface area contributed by atoms with Crippen LogP contribution in [-0.2, 0) is 17.8 Å². The maximum absolute atomic E-state index is 5.69. The molecule has 6 heteroatoms. The van der Waals surface area contributed by atoms with E-state index in [1.54, 1.807) is 7.11 Å². The second-order valence-electron chi connectivity index (χ2n) is 5.15. The molecule has 2 aromatic rings. The van der Waals surface area contributed by atoms with E-state index in [9.17, 15) is 0 Å². The summed E-state index contributed by atoms with van der Waals surface area (Å²) >= 11 is 0. The number of ether oxygens (including phenoxy) is 2. The van der Waals surface area contributed by atoms with Crippen LogP contribution in [0.5, 0.6) is 5.75 Å². The van der Waals surface area contributed by atoms with Crippen LogP contribution in [0, 0.1) is 0 Å². The van der Waals surface area contributed by atoms with Crippen LogP contribution in [0.1, 0.15) is 17.2 Å². The molecule has 1 aliphatic rings. The van der Waals surface area contributed by atoms with Crippen molar-refractivity contribution >= 4 is 0 Å². The topological polar surface area (TPSA) is 61.2 Å². The summed E-state index contributed by atoms with van der Waals surface area (Å²) in [6.07, 6.45) is 1.99. The summed E-state index contributed by atoms with van der Waals surface area (Å²) in [7, 11) is 1.69. The van der Waals surface area contributed by atoms with E-state index in [1.165, 1.54) is 5.56 Å². The van der Waals surface area contributed by atoms with E-state index in [0.29, 0.717) is 25.7 Å². The van der Waals surface area contributed by atoms with Gasteiger partial charge in [-0.05, 0) is 6.07 Å². The first-order valence-electron chi connectivity index (χ1n) is 7.17. The second kappa shape index (κ2) is 6.69. The fraction of sp³-hybridized carbons (Fsp3) is 0.467. The quantitative estimate of drug-likeness (QED) is 0.776. The molecular weight excluding hydrogens is 268 g/mol. The Morgan fingerprint density at radius 2 is 2.33 bits per heavy atom. The highest BCUT2D eigenvalue weighted by molar-refractivity contribution is 5.39. The second-order valence-corrected chi connectivity index (χ2v) is 5.15. The Morgan fingerprint density at radius 3 is 3.24 bits per heavy atom. The zero-order valence-corrected chi connectivity index (χ0v) is 12.2. The smallest absolute Gasteiger partial charge is 0.122 e. The van der Waals surface area contributed by atoms with E-state index in [-0.39, 0.29) is 0 Å². The van der Waals surface area contributed by atoms with Crippen LogP contribution in [-0.4, -0.2) is 41.9 Å². The zero-order valence-electron chi connectivity index (χ0n) is 12.2. The molecule has 0 amide bonds. The molecule has 1 aromatic heterocycles. The molecule has 0 spiro atoms. The highest BCUT2D eigenvalue weighted by Crippen LogP contribution is 2.34. The van der Waals surface area contributed by atoms with Gasteiger partial charge in [0.25, 0.3) is 0 Å². The van der Waals surface area contributed by atoms with Crippen molar-refractivity contribution in [1.29, 1.82) is 0 Å². The molecule has 1 aliphatic heterocycles. The van der Waals surface area contributed by atoms with E-state index < -0.39 is 0 Å². The Kier molecular flexibility index (Phi) is 4.47. The summed E-state index contributed by atoms with van der Waals surface area (Å²) < 4.78 is 12.6. The van der Waals surface area contributed by atoms with Crippen LogP contribution in [0.25, 0.3) is 0 Å². The van der Waals surface area contributed by atoms with Gasteiger partial charge in [-0.15, -0.1) is 5.10 Å². The molecule has 2 heterocycles. The van der Waals surface area contributed by atoms with Crippen molar-refractivity contribution in [3.8, 4) is 5.75 Å². The summed E-state index contributed by atoms with van der Waals surface area (Å²) in [6, 6.07) is 8.19. The normalized spacial score (nSPS) is 16.7. The molecule has 0 saturated heterocycles. The lowest BCUT2D eigenvalue weighted by Gasteiger charge is -2.07. The van der Waals surface area contributed by atoms with Gasteiger partial charge in [0.15, 0.2) is 0 Å². The minimum absolute atomic E-state index is 0.345. The molecule has 6 nitrogen and oxygen atoms in total. The van der Waals surface area contributed by atoms with Crippen molar-refractivity contribution in [3.05, 3.63) is 41.7 Å². The van der Waals surface area contributed by atoms with Crippen molar-refractivity contribution in [1.82, 2.24) is 20.3 Å². The molecular formula is C15H20N4O2. The molecule has 0 bridgehead atoms. The number of rotatable bonds is 7. The minimum Gasteiger partial charge on any atom is -0.493 e. The molecule has 21 heavy (non-hydrogen) atoms. The van der Waals surface area contributed by atoms with Gasteiger partial charge in [-0.1, -0.05) is 23.4 Å². The predicted octanol–water partition coefficient (Wildman–Crippen LogP) is 1.19. The van der Waals surface area contributed by atoms with Gasteiger partial charge in [-0.2, -0.15) is 0 Å². The Labute approximate surface area is 124 Å². The lowest BCUT2D eigenvalue weighted by atomic mass is 10.0. The first kappa shape index (κ1) is 14.0. The molecule has 3 rings (SSSR count). The average Bonchev–Trinajstić information content (AvgIpc) is 3.12. The monoisotopic (exact) mass is 288 g/mol. The van der Waals surface area contributed by atoms with Gasteiger partial charge < -0.3 is 14.8 Å². The molecule has 0 radical (unpaired) electrons. The Bertz CT molecular complexity index is 585. The summed E-state index contributed by atoms with van der Waals surface area (Å²) in [5.41, 5.74) is 2.20. The molecule has 1 unspecified atom stereocenters. The van der Waals surface area contributed by atoms with Crippen molar-refractivity contribution in [3.63, 3.8) is 0 Å². The molecule has 1 atom stereocenters. The van der Waals surface area contributed by atoms with E-state index in [2.05, 4.69) is 21.7 Å². The lowest BCUT2D eigenvalue weighted by Crippen LogP contribution is -2.18. The lowest BCUT2D eigenvalue weighted by molar-refractivity contribution is 0.199. The Morgan fingerprint density at radius 1 is 1.43 bits per heavy atom. The van der Waals surface area contributed by atoms with E-state index in [0.717, 1.165) is 24.5 Å². The molecule has 1 aromatic carbocycles. The van der Waals surface area contributed by atoms with Crippen molar-refractivity contribution in [2.24, 2.45) is 0 Å². The number of fused-ring (bicyclic) bond motifs is 1. The Balaban J connectivity index is 1.56. The van der Waals surface area contributed by atoms with Gasteiger partial charge in [0.2, 0.25) is 0 Å². The van der Waals surface area contributed by atoms with Crippen molar-refractivity contribution in [2.45, 2.75) is 19.0 Å². The van der Waals surface area contributed by atoms with Crippen LogP contribution < -0.4 is 10.1 Å². The van der Waals surface area contributed by atoms with Crippen molar-refractivity contribution < 1.29 is 9.47 Å². The molecule has 0 fully saturated rings. The van der Waals surface area contributed by atoms with E-state index >= 15 is 0 Å². The number of hydrogen-bond acceptors (Lipinski definition) is 5. The first-order valence-corrected chi connectivity index (χ1v) is 7.17. The third-order valence-electron chi connectivity index (χ3n) is 3.58. The van der Waals surface area contributed by atoms with Crippen LogP contribution in [0.15, 0.2) is 30.5 Å². The van der Waals surface area contributed by atoms with Gasteiger partial charge in [0.1, 0.15) is 5.75 Å². The van der Waals surface area contributed by atoms with Crippen LogP contribution in [0.4, 0.5) is 0 Å². The summed E-state index contributed by atoms with van der Waals surface area (Å²) in [4.78, 5) is 0. The van der Waals surface area contributed by atoms with Gasteiger partial charge in [0.05, 0.1) is 25.5 Å². The summed E-state index contributed by atoms with van der Waals surface area (Å²) in [5, 5.41) is 11.6. The SMILES string of the molecule is COCCNCc1cn(CC2COc3ccccc32)nn1. The molecule has 1 N–H and O–H groups in total. The molecule has 0 aliphatic carbocycles. The van der Waals surface area contributed by atoms with E-state index in [1.807, 2.05) is 29.1 Å². The fourth-order valence-electron chi connectivity index (χ4n) is 2.51. The number of nitrogens with zero attached hydrogens (tertiary/aromatic N) is 3. The van der Waals surface area contributed by atoms with Gasteiger partial charge in [-0.3, -0.25) is 4.68 Å². The van der Waals surface area contributed by atoms with E-state index in [4.69, 9.17) is 9.47 Å². The highest BCUT2D eigenvalue weighted by atomic mass is 16.5. The van der Waals surface area contributed by atoms with Crippen LogP contribution in [0.2, 0.25) is 0 Å². The Hall–Kier alpha value is -1.92. The van der Waals surface area contributed by atoms with Gasteiger partial charge in [0, 0.05) is 37.9 Å². The number of para-hydroxylation sites is 1. The number of hydrogen-bond donors (Lipinski definition) is 1. The largest absolute Gasteiger partial charge is 0.493 e. The highest BCUT2D eigenvalue weighted by Gasteiger charge is 2.24. The maximum atomic E-state index is 5.69. The zero-order chi connectivity index (χ0) is 14.5. The number of methoxy groups -OCH3 is 1. The third-order valence-corrected chi connectivity index (χ3v) is 3.58. The third kappa shape index (κ3) is 3.40. The van der Waals surface area contributed by atoms with Crippen LogP contribution in [0.3, 0.4) is 0 Å².